The second-order valence-corrected chi connectivity index (χ2v) is 10.4. The van der Waals surface area contributed by atoms with Crippen LogP contribution in [0.5, 0.6) is 0 Å². The monoisotopic (exact) mass is 541 g/mol. The number of nitrogens with one attached hydrogen (secondary N) is 3. The molecule has 0 radical (unpaired) electrons. The lowest BCUT2D eigenvalue weighted by atomic mass is 9.93. The van der Waals surface area contributed by atoms with Gasteiger partial charge in [0.25, 0.3) is 11.8 Å². The smallest absolute Gasteiger partial charge is 0.256 e. The first-order valence-electron chi connectivity index (χ1n) is 13.5. The highest BCUT2D eigenvalue weighted by Gasteiger charge is 2.29. The van der Waals surface area contributed by atoms with Gasteiger partial charge in [-0.25, -0.2) is 0 Å². The first kappa shape index (κ1) is 27.4. The number of likely N-dealkylation sites (N-methyl/N-ethyl adjacent to an activating group) is 1. The number of carbonyl (C=O) groups is 3. The average molecular weight is 542 g/mol. The fraction of sp³-hybridized carbons (Fsp3) is 0.323. The number of H-pyrrole nitrogens is 1. The molecule has 2 aliphatic rings. The van der Waals surface area contributed by atoms with Gasteiger partial charge in [0, 0.05) is 49.3 Å². The molecular weight excluding hydrogens is 506 g/mol. The van der Waals surface area contributed by atoms with Gasteiger partial charge in [-0.1, -0.05) is 36.4 Å². The van der Waals surface area contributed by atoms with Gasteiger partial charge in [0.05, 0.1) is 30.8 Å². The van der Waals surface area contributed by atoms with Crippen LogP contribution in [0.25, 0.3) is 22.8 Å². The summed E-state index contributed by atoms with van der Waals surface area (Å²) in [5, 5.41) is 5.94. The van der Waals surface area contributed by atoms with Crippen LogP contribution < -0.4 is 10.6 Å². The Morgan fingerprint density at radius 2 is 1.90 bits per heavy atom. The fourth-order valence-corrected chi connectivity index (χ4v) is 5.11. The molecule has 0 spiro atoms. The fourth-order valence-electron chi connectivity index (χ4n) is 5.11. The molecule has 2 aliphatic heterocycles. The zero-order chi connectivity index (χ0) is 28.2. The van der Waals surface area contributed by atoms with Crippen molar-refractivity contribution in [3.63, 3.8) is 0 Å². The summed E-state index contributed by atoms with van der Waals surface area (Å²) >= 11 is 0. The largest absolute Gasteiger partial charge is 0.378 e. The molecule has 1 saturated heterocycles. The number of aromatic amines is 1. The predicted octanol–water partition coefficient (Wildman–Crippen LogP) is 3.18. The van der Waals surface area contributed by atoms with Crippen molar-refractivity contribution in [3.05, 3.63) is 76.6 Å². The topological polar surface area (TPSA) is 107 Å². The second-order valence-electron chi connectivity index (χ2n) is 10.4. The van der Waals surface area contributed by atoms with Gasteiger partial charge in [0.15, 0.2) is 0 Å². The van der Waals surface area contributed by atoms with Crippen LogP contribution in [0.15, 0.2) is 48.7 Å². The highest BCUT2D eigenvalue weighted by Crippen LogP contribution is 2.41. The van der Waals surface area contributed by atoms with Gasteiger partial charge >= 0.3 is 0 Å². The highest BCUT2D eigenvalue weighted by atomic mass is 16.5. The van der Waals surface area contributed by atoms with Crippen molar-refractivity contribution in [1.82, 2.24) is 20.1 Å². The van der Waals surface area contributed by atoms with E-state index >= 15 is 0 Å². The van der Waals surface area contributed by atoms with Gasteiger partial charge in [-0.05, 0) is 55.4 Å². The maximum atomic E-state index is 13.1. The van der Waals surface area contributed by atoms with Crippen LogP contribution in [0.1, 0.15) is 32.7 Å². The van der Waals surface area contributed by atoms with E-state index < -0.39 is 0 Å². The molecule has 9 heteroatoms. The quantitative estimate of drug-likeness (QED) is 0.380. The lowest BCUT2D eigenvalue weighted by Crippen LogP contribution is -2.40. The molecule has 0 unspecified atom stereocenters. The number of carbonyl (C=O) groups excluding carboxylic acids is 3. The molecule has 3 N–H and O–H groups in total. The van der Waals surface area contributed by atoms with E-state index in [2.05, 4.69) is 15.6 Å². The summed E-state index contributed by atoms with van der Waals surface area (Å²) < 4.78 is 5.38. The number of morpholine rings is 1. The lowest BCUT2D eigenvalue weighted by molar-refractivity contribution is -0.120. The van der Waals surface area contributed by atoms with Crippen molar-refractivity contribution < 1.29 is 19.1 Å². The normalized spacial score (nSPS) is 15.8. The van der Waals surface area contributed by atoms with Crippen molar-refractivity contribution in [1.29, 1.82) is 0 Å². The number of benzene rings is 2. The van der Waals surface area contributed by atoms with E-state index in [4.69, 9.17) is 4.74 Å². The predicted molar refractivity (Wildman–Crippen MR) is 156 cm³/mol. The Morgan fingerprint density at radius 1 is 1.12 bits per heavy atom. The van der Waals surface area contributed by atoms with Gasteiger partial charge in [-0.3, -0.25) is 14.4 Å². The number of aromatic nitrogens is 1. The Labute approximate surface area is 234 Å². The third kappa shape index (κ3) is 5.85. The summed E-state index contributed by atoms with van der Waals surface area (Å²) in [7, 11) is 3.94. The number of hydrogen-bond acceptors (Lipinski definition) is 5. The Bertz CT molecular complexity index is 1470. The molecule has 0 bridgehead atoms. The maximum Gasteiger partial charge on any atom is 0.256 e. The molecule has 2 aromatic carbocycles. The van der Waals surface area contributed by atoms with Crippen LogP contribution in [0.3, 0.4) is 0 Å². The Morgan fingerprint density at radius 3 is 2.67 bits per heavy atom. The second kappa shape index (κ2) is 11.9. The third-order valence-corrected chi connectivity index (χ3v) is 7.31. The molecule has 0 aliphatic carbocycles. The summed E-state index contributed by atoms with van der Waals surface area (Å²) in [6, 6.07) is 13.6. The molecule has 3 heterocycles. The van der Waals surface area contributed by atoms with Crippen LogP contribution in [0.4, 0.5) is 5.69 Å². The van der Waals surface area contributed by atoms with E-state index in [0.717, 1.165) is 40.0 Å². The Kier molecular flexibility index (Phi) is 8.14. The van der Waals surface area contributed by atoms with E-state index in [1.54, 1.807) is 11.1 Å². The van der Waals surface area contributed by atoms with Crippen LogP contribution in [-0.2, 0) is 20.7 Å². The number of anilines is 1. The molecule has 5 rings (SSSR count). The molecular formula is C31H35N5O4. The van der Waals surface area contributed by atoms with E-state index in [1.807, 2.05) is 74.5 Å². The van der Waals surface area contributed by atoms with Crippen LogP contribution in [0.2, 0.25) is 0 Å². The van der Waals surface area contributed by atoms with Gasteiger partial charge in [0.2, 0.25) is 5.91 Å². The number of hydrogen-bond donors (Lipinski definition) is 3. The summed E-state index contributed by atoms with van der Waals surface area (Å²) in [6.07, 6.45) is 3.81. The average Bonchev–Trinajstić information content (AvgIpc) is 3.47. The van der Waals surface area contributed by atoms with Gasteiger partial charge in [-0.2, -0.15) is 0 Å². The van der Waals surface area contributed by atoms with E-state index in [9.17, 15) is 14.4 Å². The van der Waals surface area contributed by atoms with E-state index in [-0.39, 0.29) is 24.1 Å². The van der Waals surface area contributed by atoms with Crippen molar-refractivity contribution in [2.45, 2.75) is 13.3 Å². The minimum absolute atomic E-state index is 0.0284. The number of fused-ring (bicyclic) bond motifs is 1. The van der Waals surface area contributed by atoms with Crippen molar-refractivity contribution in [2.24, 2.45) is 0 Å². The molecule has 0 atom stereocenters. The number of rotatable bonds is 8. The van der Waals surface area contributed by atoms with Crippen molar-refractivity contribution in [2.75, 3.05) is 58.8 Å². The molecule has 208 valence electrons. The highest BCUT2D eigenvalue weighted by molar-refractivity contribution is 6.36. The summed E-state index contributed by atoms with van der Waals surface area (Å²) in [5.74, 6) is -0.269. The molecule has 0 saturated carbocycles. The number of ether oxygens (including phenoxy) is 1. The van der Waals surface area contributed by atoms with E-state index in [0.29, 0.717) is 49.7 Å². The molecule has 40 heavy (non-hydrogen) atoms. The SMILES string of the molecule is Cc1c(C(=O)N2CCOCC2)c[nH]c1C=C1C(=O)Nc2cccc(-c3cccc(CC(=O)NCCN(C)C)c3)c21. The number of nitrogens with zero attached hydrogens (tertiary/aromatic N) is 2. The minimum atomic E-state index is -0.200. The van der Waals surface area contributed by atoms with Crippen LogP contribution >= 0.6 is 0 Å². The molecule has 9 nitrogen and oxygen atoms in total. The van der Waals surface area contributed by atoms with Gasteiger partial charge < -0.3 is 30.2 Å². The van der Waals surface area contributed by atoms with Crippen LogP contribution in [-0.4, -0.2) is 86.0 Å². The Hall–Kier alpha value is -4.21. The molecule has 3 aromatic rings. The summed E-state index contributed by atoms with van der Waals surface area (Å²) in [5.41, 5.74) is 6.87. The van der Waals surface area contributed by atoms with Gasteiger partial charge in [0.1, 0.15) is 0 Å². The summed E-state index contributed by atoms with van der Waals surface area (Å²) in [4.78, 5) is 45.7. The third-order valence-electron chi connectivity index (χ3n) is 7.31. The van der Waals surface area contributed by atoms with Crippen molar-refractivity contribution >= 4 is 35.1 Å². The first-order valence-corrected chi connectivity index (χ1v) is 13.5. The standard InChI is InChI=1S/C31H35N5O4/c1-20-25(31(39)36-12-14-40-15-13-36)19-33-27(20)18-24-29-23(8-5-9-26(29)34-30(24)38)22-7-4-6-21(16-22)17-28(37)32-10-11-35(2)3/h4-9,16,18-19,33H,10-15,17H2,1-3H3,(H,32,37)(H,34,38). The zero-order valence-electron chi connectivity index (χ0n) is 23.2. The van der Waals surface area contributed by atoms with E-state index in [1.165, 1.54) is 0 Å². The molecule has 3 amide bonds. The molecule has 1 fully saturated rings. The molecule has 1 aromatic heterocycles. The lowest BCUT2D eigenvalue weighted by Gasteiger charge is -2.26. The van der Waals surface area contributed by atoms with Crippen LogP contribution in [0, 0.1) is 6.92 Å². The maximum absolute atomic E-state index is 13.1. The Balaban J connectivity index is 1.42. The first-order chi connectivity index (χ1) is 19.3. The number of amides is 3. The van der Waals surface area contributed by atoms with Gasteiger partial charge in [-0.15, -0.1) is 0 Å². The minimum Gasteiger partial charge on any atom is -0.378 e. The summed E-state index contributed by atoms with van der Waals surface area (Å²) in [6.45, 7) is 5.47. The van der Waals surface area contributed by atoms with Crippen molar-refractivity contribution in [3.8, 4) is 11.1 Å². The zero-order valence-corrected chi connectivity index (χ0v) is 23.2.